The Labute approximate surface area is 173 Å². The molecule has 156 valence electrons. The lowest BCUT2D eigenvalue weighted by molar-refractivity contribution is -0.121. The molecule has 1 aromatic heterocycles. The van der Waals surface area contributed by atoms with Gasteiger partial charge in [0.05, 0.1) is 13.5 Å². The lowest BCUT2D eigenvalue weighted by atomic mass is 10.1. The second-order valence-electron chi connectivity index (χ2n) is 7.70. The first kappa shape index (κ1) is 21.2. The number of likely N-dealkylation sites (tertiary alicyclic amines) is 1. The van der Waals surface area contributed by atoms with Crippen molar-refractivity contribution in [2.75, 3.05) is 26.7 Å². The molecule has 1 amide bonds. The number of carbonyl (C=O) groups excluding carboxylic acids is 1. The third-order valence-corrected chi connectivity index (χ3v) is 5.52. The van der Waals surface area contributed by atoms with Crippen molar-refractivity contribution in [3.8, 4) is 17.3 Å². The molecule has 2 heterocycles. The summed E-state index contributed by atoms with van der Waals surface area (Å²) in [6.07, 6.45) is 4.97. The van der Waals surface area contributed by atoms with E-state index in [2.05, 4.69) is 27.1 Å². The molecule has 1 aliphatic heterocycles. The van der Waals surface area contributed by atoms with E-state index < -0.39 is 0 Å². The maximum absolute atomic E-state index is 12.8. The summed E-state index contributed by atoms with van der Waals surface area (Å²) in [5, 5.41) is 3.20. The van der Waals surface area contributed by atoms with Gasteiger partial charge in [-0.05, 0) is 39.3 Å². The number of hydrogen-bond acceptors (Lipinski definition) is 5. The Bertz CT molecular complexity index is 804. The summed E-state index contributed by atoms with van der Waals surface area (Å²) >= 11 is 0. The van der Waals surface area contributed by atoms with Gasteiger partial charge in [0.2, 0.25) is 11.8 Å². The van der Waals surface area contributed by atoms with Crippen molar-refractivity contribution in [3.63, 3.8) is 0 Å². The Hall–Kier alpha value is -2.47. The highest BCUT2D eigenvalue weighted by Crippen LogP contribution is 2.24. The molecule has 1 atom stereocenters. The van der Waals surface area contributed by atoms with Gasteiger partial charge >= 0.3 is 0 Å². The molecular formula is C23H32N4O2. The van der Waals surface area contributed by atoms with Crippen molar-refractivity contribution in [3.05, 3.63) is 41.6 Å². The van der Waals surface area contributed by atoms with Crippen LogP contribution in [0.1, 0.15) is 43.9 Å². The van der Waals surface area contributed by atoms with Crippen LogP contribution in [0.15, 0.2) is 30.3 Å². The molecule has 1 fully saturated rings. The van der Waals surface area contributed by atoms with Gasteiger partial charge in [-0.3, -0.25) is 4.79 Å². The van der Waals surface area contributed by atoms with Crippen molar-refractivity contribution in [2.24, 2.45) is 0 Å². The van der Waals surface area contributed by atoms with Crippen LogP contribution in [0.2, 0.25) is 0 Å². The Kier molecular flexibility index (Phi) is 7.58. The molecule has 0 radical (unpaired) electrons. The fourth-order valence-corrected chi connectivity index (χ4v) is 3.83. The van der Waals surface area contributed by atoms with E-state index in [-0.39, 0.29) is 18.4 Å². The van der Waals surface area contributed by atoms with Crippen molar-refractivity contribution >= 4 is 5.91 Å². The smallest absolute Gasteiger partial charge is 0.224 e. The largest absolute Gasteiger partial charge is 0.481 e. The Morgan fingerprint density at radius 2 is 1.90 bits per heavy atom. The minimum atomic E-state index is -0.00804. The summed E-state index contributed by atoms with van der Waals surface area (Å²) in [4.78, 5) is 24.4. The number of piperidine rings is 1. The fourth-order valence-electron chi connectivity index (χ4n) is 3.83. The van der Waals surface area contributed by atoms with E-state index in [1.165, 1.54) is 19.3 Å². The number of rotatable bonds is 8. The number of benzene rings is 1. The van der Waals surface area contributed by atoms with Gasteiger partial charge in [0.25, 0.3) is 0 Å². The number of hydrogen-bond donors (Lipinski definition) is 1. The number of nitrogens with zero attached hydrogens (tertiary/aromatic N) is 3. The minimum Gasteiger partial charge on any atom is -0.481 e. The standard InChI is InChI=1S/C23H32N4O2/c1-4-19(16-27-13-9-6-10-14-27)25-21(28)15-20-17(2)24-22(26-23(20)29-3)18-11-7-5-8-12-18/h5,7-8,11-12,19H,4,6,9-10,13-16H2,1-3H3,(H,25,28). The van der Waals surface area contributed by atoms with Crippen molar-refractivity contribution < 1.29 is 9.53 Å². The van der Waals surface area contributed by atoms with Crippen LogP contribution < -0.4 is 10.1 Å². The molecular weight excluding hydrogens is 364 g/mol. The number of aryl methyl sites for hydroxylation is 1. The van der Waals surface area contributed by atoms with Crippen molar-refractivity contribution in [1.82, 2.24) is 20.2 Å². The molecule has 1 N–H and O–H groups in total. The Morgan fingerprint density at radius 3 is 2.55 bits per heavy atom. The van der Waals surface area contributed by atoms with Crippen LogP contribution in [-0.4, -0.2) is 53.6 Å². The number of nitrogens with one attached hydrogen (secondary N) is 1. The number of carbonyl (C=O) groups is 1. The highest BCUT2D eigenvalue weighted by atomic mass is 16.5. The quantitative estimate of drug-likeness (QED) is 0.741. The van der Waals surface area contributed by atoms with Crippen LogP contribution >= 0.6 is 0 Å². The first-order valence-electron chi connectivity index (χ1n) is 10.6. The Balaban J connectivity index is 1.68. The van der Waals surface area contributed by atoms with E-state index in [9.17, 15) is 4.79 Å². The minimum absolute atomic E-state index is 0.00804. The van der Waals surface area contributed by atoms with Gasteiger partial charge in [0.15, 0.2) is 5.82 Å². The predicted octanol–water partition coefficient (Wildman–Crippen LogP) is 3.38. The zero-order valence-electron chi connectivity index (χ0n) is 17.8. The van der Waals surface area contributed by atoms with Gasteiger partial charge in [-0.2, -0.15) is 4.98 Å². The summed E-state index contributed by atoms with van der Waals surface area (Å²) in [6, 6.07) is 9.96. The van der Waals surface area contributed by atoms with Gasteiger partial charge in [-0.15, -0.1) is 0 Å². The molecule has 0 saturated carbocycles. The summed E-state index contributed by atoms with van der Waals surface area (Å²) in [6.45, 7) is 7.22. The van der Waals surface area contributed by atoms with Gasteiger partial charge in [-0.25, -0.2) is 4.98 Å². The van der Waals surface area contributed by atoms with E-state index >= 15 is 0 Å². The molecule has 6 heteroatoms. The molecule has 3 rings (SSSR count). The van der Waals surface area contributed by atoms with Crippen LogP contribution in [0.4, 0.5) is 0 Å². The van der Waals surface area contributed by atoms with E-state index in [0.29, 0.717) is 11.7 Å². The average molecular weight is 397 g/mol. The average Bonchev–Trinajstić information content (AvgIpc) is 2.75. The highest BCUT2D eigenvalue weighted by Gasteiger charge is 2.20. The second-order valence-corrected chi connectivity index (χ2v) is 7.70. The molecule has 1 aliphatic rings. The van der Waals surface area contributed by atoms with E-state index in [0.717, 1.165) is 42.9 Å². The summed E-state index contributed by atoms with van der Waals surface area (Å²) in [5.74, 6) is 1.07. The van der Waals surface area contributed by atoms with E-state index in [4.69, 9.17) is 4.74 Å². The van der Waals surface area contributed by atoms with Crippen LogP contribution in [-0.2, 0) is 11.2 Å². The SMILES string of the molecule is CCC(CN1CCCCC1)NC(=O)Cc1c(C)nc(-c2ccccc2)nc1OC. The maximum Gasteiger partial charge on any atom is 0.224 e. The molecule has 0 aliphatic carbocycles. The fraction of sp³-hybridized carbons (Fsp3) is 0.522. The molecule has 1 aromatic carbocycles. The van der Waals surface area contributed by atoms with Gasteiger partial charge < -0.3 is 15.0 Å². The number of aromatic nitrogens is 2. The van der Waals surface area contributed by atoms with E-state index in [1.807, 2.05) is 37.3 Å². The van der Waals surface area contributed by atoms with Gasteiger partial charge in [-0.1, -0.05) is 43.7 Å². The Morgan fingerprint density at radius 1 is 1.17 bits per heavy atom. The molecule has 2 aromatic rings. The molecule has 29 heavy (non-hydrogen) atoms. The van der Waals surface area contributed by atoms with Gasteiger partial charge in [0.1, 0.15) is 0 Å². The summed E-state index contributed by atoms with van der Waals surface area (Å²) in [7, 11) is 1.59. The van der Waals surface area contributed by atoms with Crippen LogP contribution in [0, 0.1) is 6.92 Å². The van der Waals surface area contributed by atoms with Crippen LogP contribution in [0.3, 0.4) is 0 Å². The molecule has 1 saturated heterocycles. The second kappa shape index (κ2) is 10.3. The monoisotopic (exact) mass is 396 g/mol. The zero-order valence-corrected chi connectivity index (χ0v) is 17.8. The van der Waals surface area contributed by atoms with Crippen molar-refractivity contribution in [2.45, 2.75) is 52.0 Å². The van der Waals surface area contributed by atoms with E-state index in [1.54, 1.807) is 7.11 Å². The number of methoxy groups -OCH3 is 1. The molecule has 1 unspecified atom stereocenters. The molecule has 0 spiro atoms. The lowest BCUT2D eigenvalue weighted by Gasteiger charge is -2.30. The van der Waals surface area contributed by atoms with Crippen LogP contribution in [0.5, 0.6) is 5.88 Å². The third kappa shape index (κ3) is 5.76. The molecule has 6 nitrogen and oxygen atoms in total. The summed E-state index contributed by atoms with van der Waals surface area (Å²) in [5.41, 5.74) is 2.45. The lowest BCUT2D eigenvalue weighted by Crippen LogP contribution is -2.45. The highest BCUT2D eigenvalue weighted by molar-refractivity contribution is 5.80. The third-order valence-electron chi connectivity index (χ3n) is 5.52. The number of ether oxygens (including phenoxy) is 1. The first-order valence-corrected chi connectivity index (χ1v) is 10.6. The summed E-state index contributed by atoms with van der Waals surface area (Å²) < 4.78 is 5.50. The normalized spacial score (nSPS) is 15.7. The topological polar surface area (TPSA) is 67.4 Å². The maximum atomic E-state index is 12.8. The zero-order chi connectivity index (χ0) is 20.6. The number of amides is 1. The van der Waals surface area contributed by atoms with Crippen molar-refractivity contribution in [1.29, 1.82) is 0 Å². The van der Waals surface area contributed by atoms with Gasteiger partial charge in [0, 0.05) is 29.4 Å². The first-order chi connectivity index (χ1) is 14.1. The molecule has 0 bridgehead atoms. The predicted molar refractivity (Wildman–Crippen MR) is 115 cm³/mol. The van der Waals surface area contributed by atoms with Crippen LogP contribution in [0.25, 0.3) is 11.4 Å².